The van der Waals surface area contributed by atoms with Gasteiger partial charge in [-0.3, -0.25) is 10.4 Å². The lowest BCUT2D eigenvalue weighted by Crippen LogP contribution is -2.23. The van der Waals surface area contributed by atoms with E-state index < -0.39 is 0 Å². The van der Waals surface area contributed by atoms with Gasteiger partial charge in [0.2, 0.25) is 0 Å². The monoisotopic (exact) mass is 193 g/mol. The molecule has 3 N–H and O–H groups in total. The summed E-state index contributed by atoms with van der Waals surface area (Å²) in [6.45, 7) is 5.88. The third-order valence-electron chi connectivity index (χ3n) is 1.43. The predicted octanol–water partition coefficient (Wildman–Crippen LogP) is 1.54. The van der Waals surface area contributed by atoms with E-state index in [0.29, 0.717) is 11.4 Å². The van der Waals surface area contributed by atoms with Gasteiger partial charge >= 0.3 is 0 Å². The lowest BCUT2D eigenvalue weighted by Gasteiger charge is -2.21. The number of hydrogen-bond acceptors (Lipinski definition) is 3. The van der Waals surface area contributed by atoms with Gasteiger partial charge < -0.3 is 10.5 Å². The molecule has 1 heterocycles. The van der Waals surface area contributed by atoms with Crippen LogP contribution < -0.4 is 10.5 Å². The fraction of sp³-hybridized carbons (Fsp3) is 0.400. The van der Waals surface area contributed by atoms with Gasteiger partial charge in [-0.1, -0.05) is 0 Å². The van der Waals surface area contributed by atoms with Crippen LogP contribution in [0.3, 0.4) is 0 Å². The van der Waals surface area contributed by atoms with E-state index >= 15 is 0 Å². The molecule has 0 aromatic carbocycles. The van der Waals surface area contributed by atoms with Gasteiger partial charge in [0.1, 0.15) is 22.9 Å². The van der Waals surface area contributed by atoms with Gasteiger partial charge in [-0.15, -0.1) is 0 Å². The first kappa shape index (κ1) is 10.5. The van der Waals surface area contributed by atoms with E-state index in [1.54, 1.807) is 18.3 Å². The molecule has 0 saturated carbocycles. The lowest BCUT2D eigenvalue weighted by atomic mass is 10.2. The van der Waals surface area contributed by atoms with Crippen LogP contribution >= 0.6 is 0 Å². The molecule has 76 valence electrons. The van der Waals surface area contributed by atoms with Gasteiger partial charge in [-0.2, -0.15) is 0 Å². The average molecular weight is 193 g/mol. The van der Waals surface area contributed by atoms with E-state index in [2.05, 4.69) is 4.98 Å². The Morgan fingerprint density at radius 2 is 2.14 bits per heavy atom. The maximum atomic E-state index is 7.22. The second kappa shape index (κ2) is 3.65. The number of aromatic nitrogens is 1. The summed E-state index contributed by atoms with van der Waals surface area (Å²) in [7, 11) is 0. The lowest BCUT2D eigenvalue weighted by molar-refractivity contribution is 0.131. The molecule has 0 aliphatic rings. The van der Waals surface area contributed by atoms with Crippen molar-refractivity contribution in [2.45, 2.75) is 26.4 Å². The Kier molecular flexibility index (Phi) is 2.74. The molecule has 1 aromatic rings. The minimum atomic E-state index is -0.255. The van der Waals surface area contributed by atoms with E-state index in [1.807, 2.05) is 20.8 Å². The smallest absolute Gasteiger partial charge is 0.141 e. The SMILES string of the molecule is CC(C)(C)Oc1ccnc(C(=N)N)c1. The van der Waals surface area contributed by atoms with Crippen LogP contribution in [0.1, 0.15) is 26.5 Å². The van der Waals surface area contributed by atoms with Crippen LogP contribution in [0.2, 0.25) is 0 Å². The van der Waals surface area contributed by atoms with Crippen LogP contribution in [0.15, 0.2) is 18.3 Å². The number of hydrogen-bond donors (Lipinski definition) is 2. The zero-order valence-electron chi connectivity index (χ0n) is 8.66. The Morgan fingerprint density at radius 3 is 2.64 bits per heavy atom. The van der Waals surface area contributed by atoms with E-state index in [0.717, 1.165) is 0 Å². The minimum absolute atomic E-state index is 0.0515. The third-order valence-corrected chi connectivity index (χ3v) is 1.43. The fourth-order valence-corrected chi connectivity index (χ4v) is 0.975. The van der Waals surface area contributed by atoms with Gasteiger partial charge in [0.05, 0.1) is 0 Å². The summed E-state index contributed by atoms with van der Waals surface area (Å²) in [6.07, 6.45) is 1.58. The molecule has 4 heteroatoms. The molecule has 0 bridgehead atoms. The van der Waals surface area contributed by atoms with E-state index in [4.69, 9.17) is 15.9 Å². The van der Waals surface area contributed by atoms with Crippen molar-refractivity contribution in [2.75, 3.05) is 0 Å². The van der Waals surface area contributed by atoms with Crippen molar-refractivity contribution in [3.05, 3.63) is 24.0 Å². The molecule has 0 unspecified atom stereocenters. The number of amidine groups is 1. The van der Waals surface area contributed by atoms with E-state index in [1.165, 1.54) is 0 Å². The van der Waals surface area contributed by atoms with Crippen molar-refractivity contribution < 1.29 is 4.74 Å². The van der Waals surface area contributed by atoms with E-state index in [9.17, 15) is 0 Å². The molecule has 0 atom stereocenters. The first-order valence-electron chi connectivity index (χ1n) is 4.38. The summed E-state index contributed by atoms with van der Waals surface area (Å²) in [5.74, 6) is 0.627. The van der Waals surface area contributed by atoms with Crippen LogP contribution in [0.25, 0.3) is 0 Å². The normalized spacial score (nSPS) is 11.1. The summed E-state index contributed by atoms with van der Waals surface area (Å²) in [6, 6.07) is 3.41. The quantitative estimate of drug-likeness (QED) is 0.552. The van der Waals surface area contributed by atoms with Gasteiger partial charge in [0, 0.05) is 12.3 Å². The predicted molar refractivity (Wildman–Crippen MR) is 55.6 cm³/mol. The highest BCUT2D eigenvalue weighted by Gasteiger charge is 2.12. The molecule has 0 aliphatic heterocycles. The highest BCUT2D eigenvalue weighted by Crippen LogP contribution is 2.17. The maximum Gasteiger partial charge on any atom is 0.141 e. The first-order valence-corrected chi connectivity index (χ1v) is 4.38. The topological polar surface area (TPSA) is 72.0 Å². The second-order valence-corrected chi connectivity index (χ2v) is 4.00. The van der Waals surface area contributed by atoms with Crippen LogP contribution in [-0.2, 0) is 0 Å². The molecular formula is C10H15N3O. The molecule has 0 spiro atoms. The minimum Gasteiger partial charge on any atom is -0.488 e. The van der Waals surface area contributed by atoms with Crippen molar-refractivity contribution >= 4 is 5.84 Å². The molecular weight excluding hydrogens is 178 g/mol. The van der Waals surface area contributed by atoms with Gasteiger partial charge in [0.15, 0.2) is 0 Å². The maximum absolute atomic E-state index is 7.22. The van der Waals surface area contributed by atoms with E-state index in [-0.39, 0.29) is 11.4 Å². The number of pyridine rings is 1. The summed E-state index contributed by atoms with van der Waals surface area (Å²) in [4.78, 5) is 3.94. The molecule has 1 aromatic heterocycles. The molecule has 0 amide bonds. The number of ether oxygens (including phenoxy) is 1. The molecule has 0 fully saturated rings. The number of rotatable bonds is 2. The number of nitrogens with two attached hydrogens (primary N) is 1. The summed E-state index contributed by atoms with van der Waals surface area (Å²) >= 11 is 0. The standard InChI is InChI=1S/C10H15N3O/c1-10(2,3)14-7-4-5-13-8(6-7)9(11)12/h4-6H,1-3H3,(H3,11,12). The fourth-order valence-electron chi connectivity index (χ4n) is 0.975. The molecule has 0 saturated heterocycles. The number of nitrogens with zero attached hydrogens (tertiary/aromatic N) is 1. The Hall–Kier alpha value is -1.58. The first-order chi connectivity index (χ1) is 6.38. The Morgan fingerprint density at radius 1 is 1.50 bits per heavy atom. The van der Waals surface area contributed by atoms with Crippen molar-refractivity contribution in [1.29, 1.82) is 5.41 Å². The summed E-state index contributed by atoms with van der Waals surface area (Å²) < 4.78 is 5.60. The van der Waals surface area contributed by atoms with Gasteiger partial charge in [0.25, 0.3) is 0 Å². The highest BCUT2D eigenvalue weighted by atomic mass is 16.5. The number of nitrogen functional groups attached to an aromatic ring is 1. The zero-order valence-corrected chi connectivity index (χ0v) is 8.66. The molecule has 0 aliphatic carbocycles. The third kappa shape index (κ3) is 3.05. The van der Waals surface area contributed by atoms with Crippen LogP contribution in [0, 0.1) is 5.41 Å². The summed E-state index contributed by atoms with van der Waals surface area (Å²) in [5.41, 5.74) is 5.49. The second-order valence-electron chi connectivity index (χ2n) is 4.00. The Balaban J connectivity index is 2.89. The van der Waals surface area contributed by atoms with Crippen molar-refractivity contribution in [2.24, 2.45) is 5.73 Å². The molecule has 14 heavy (non-hydrogen) atoms. The van der Waals surface area contributed by atoms with Crippen LogP contribution in [0.5, 0.6) is 5.75 Å². The Labute approximate surface area is 83.6 Å². The van der Waals surface area contributed by atoms with Crippen LogP contribution in [-0.4, -0.2) is 16.4 Å². The zero-order chi connectivity index (χ0) is 10.8. The molecule has 1 rings (SSSR count). The highest BCUT2D eigenvalue weighted by molar-refractivity contribution is 5.93. The largest absolute Gasteiger partial charge is 0.488 e. The molecule has 4 nitrogen and oxygen atoms in total. The Bertz CT molecular complexity index is 341. The van der Waals surface area contributed by atoms with Gasteiger partial charge in [-0.25, -0.2) is 0 Å². The van der Waals surface area contributed by atoms with Crippen LogP contribution in [0.4, 0.5) is 0 Å². The summed E-state index contributed by atoms with van der Waals surface area (Å²) in [5, 5.41) is 7.22. The average Bonchev–Trinajstić information content (AvgIpc) is 2.01. The molecule has 0 radical (unpaired) electrons. The van der Waals surface area contributed by atoms with Crippen molar-refractivity contribution in [3.63, 3.8) is 0 Å². The van der Waals surface area contributed by atoms with Crippen molar-refractivity contribution in [3.8, 4) is 5.75 Å². The van der Waals surface area contributed by atoms with Crippen molar-refractivity contribution in [1.82, 2.24) is 4.98 Å². The number of nitrogens with one attached hydrogen (secondary N) is 1. The van der Waals surface area contributed by atoms with Gasteiger partial charge in [-0.05, 0) is 26.8 Å².